The van der Waals surface area contributed by atoms with Gasteiger partial charge in [-0.3, -0.25) is 0 Å². The van der Waals surface area contributed by atoms with E-state index in [2.05, 4.69) is 84.5 Å². The minimum absolute atomic E-state index is 0.0152. The molecule has 0 radical (unpaired) electrons. The first-order valence-corrected chi connectivity index (χ1v) is 16.8. The molecule has 7 nitrogen and oxygen atoms in total. The molecule has 0 saturated heterocycles. The van der Waals surface area contributed by atoms with E-state index in [-0.39, 0.29) is 16.9 Å². The second-order valence-electron chi connectivity index (χ2n) is 11.5. The van der Waals surface area contributed by atoms with Crippen LogP contribution in [0, 0.1) is 0 Å². The number of benzene rings is 4. The van der Waals surface area contributed by atoms with E-state index >= 15 is 0 Å². The lowest BCUT2D eigenvalue weighted by Crippen LogP contribution is -2.20. The zero-order valence-corrected chi connectivity index (χ0v) is 31.6. The van der Waals surface area contributed by atoms with Crippen molar-refractivity contribution in [2.75, 3.05) is 7.11 Å². The zero-order valence-electron chi connectivity index (χ0n) is 25.3. The quantitative estimate of drug-likeness (QED) is 0.135. The van der Waals surface area contributed by atoms with Crippen LogP contribution in [-0.2, 0) is 10.8 Å². The Morgan fingerprint density at radius 2 is 0.844 bits per heavy atom. The standard InChI is InChI=1S/C34H30Br4O7/c1-33(2,3)19-7-9-23(10-8-19)42-31(39)44-29-25(35)15-20(16-26(29)36)34(4,5)21-17-27(37)30(28(38)18-21)45-32(40)43-24-13-11-22(41-6)12-14-24/h7-18H,1-6H3. The summed E-state index contributed by atoms with van der Waals surface area (Å²) in [4.78, 5) is 25.1. The van der Waals surface area contributed by atoms with Gasteiger partial charge in [0.2, 0.25) is 0 Å². The molecule has 0 aliphatic heterocycles. The third-order valence-electron chi connectivity index (χ3n) is 6.99. The van der Waals surface area contributed by atoms with Crippen LogP contribution in [-0.4, -0.2) is 19.4 Å². The van der Waals surface area contributed by atoms with Gasteiger partial charge in [0.05, 0.1) is 25.0 Å². The molecule has 0 spiro atoms. The number of carbonyl (C=O) groups is 2. The molecule has 4 aromatic carbocycles. The van der Waals surface area contributed by atoms with Gasteiger partial charge >= 0.3 is 12.3 Å². The molecule has 0 N–H and O–H groups in total. The summed E-state index contributed by atoms with van der Waals surface area (Å²) in [5.74, 6) is 1.90. The Hall–Kier alpha value is -2.86. The molecule has 0 unspecified atom stereocenters. The molecule has 4 aromatic rings. The van der Waals surface area contributed by atoms with Crippen molar-refractivity contribution in [3.8, 4) is 28.7 Å². The van der Waals surface area contributed by atoms with Crippen molar-refractivity contribution in [1.29, 1.82) is 0 Å². The maximum absolute atomic E-state index is 12.6. The maximum Gasteiger partial charge on any atom is 0.519 e. The summed E-state index contributed by atoms with van der Waals surface area (Å²) >= 11 is 14.2. The monoisotopic (exact) mass is 866 g/mol. The molecule has 45 heavy (non-hydrogen) atoms. The number of ether oxygens (including phenoxy) is 5. The Bertz CT molecular complexity index is 1660. The van der Waals surface area contributed by atoms with Crippen molar-refractivity contribution in [2.24, 2.45) is 0 Å². The van der Waals surface area contributed by atoms with Gasteiger partial charge in [-0.2, -0.15) is 0 Å². The van der Waals surface area contributed by atoms with Gasteiger partial charge in [-0.15, -0.1) is 0 Å². The lowest BCUT2D eigenvalue weighted by Gasteiger charge is -2.28. The third kappa shape index (κ3) is 8.69. The fourth-order valence-electron chi connectivity index (χ4n) is 4.27. The normalized spacial score (nSPS) is 11.5. The van der Waals surface area contributed by atoms with Crippen LogP contribution in [0.15, 0.2) is 90.7 Å². The lowest BCUT2D eigenvalue weighted by molar-refractivity contribution is 0.150. The Labute approximate surface area is 296 Å². The topological polar surface area (TPSA) is 80.3 Å². The number of hydrogen-bond donors (Lipinski definition) is 0. The van der Waals surface area contributed by atoms with Gasteiger partial charge in [-0.25, -0.2) is 9.59 Å². The van der Waals surface area contributed by atoms with Gasteiger partial charge in [0, 0.05) is 5.41 Å². The molecule has 0 amide bonds. The molecule has 0 aliphatic carbocycles. The van der Waals surface area contributed by atoms with E-state index in [0.29, 0.717) is 35.1 Å². The SMILES string of the molecule is COc1ccc(OC(=O)Oc2c(Br)cc(C(C)(C)c3cc(Br)c(OC(=O)Oc4ccc(C(C)(C)C)cc4)c(Br)c3)cc2Br)cc1. The van der Waals surface area contributed by atoms with Crippen LogP contribution in [0.3, 0.4) is 0 Å². The van der Waals surface area contributed by atoms with Crippen LogP contribution < -0.4 is 23.7 Å². The largest absolute Gasteiger partial charge is 0.519 e. The van der Waals surface area contributed by atoms with Crippen LogP contribution in [0.4, 0.5) is 9.59 Å². The van der Waals surface area contributed by atoms with Gasteiger partial charge in [-0.05, 0) is 146 Å². The number of halogens is 4. The second-order valence-corrected chi connectivity index (χ2v) is 14.9. The Balaban J connectivity index is 1.48. The molecule has 0 bridgehead atoms. The average molecular weight is 870 g/mol. The first-order chi connectivity index (χ1) is 21.1. The van der Waals surface area contributed by atoms with E-state index < -0.39 is 17.7 Å². The molecular formula is C34H30Br4O7. The van der Waals surface area contributed by atoms with Crippen molar-refractivity contribution < 1.29 is 33.3 Å². The maximum atomic E-state index is 12.6. The minimum atomic E-state index is -0.891. The van der Waals surface area contributed by atoms with Gasteiger partial charge < -0.3 is 23.7 Å². The summed E-state index contributed by atoms with van der Waals surface area (Å²) in [5.41, 5.74) is 2.39. The van der Waals surface area contributed by atoms with E-state index in [0.717, 1.165) is 16.7 Å². The van der Waals surface area contributed by atoms with Gasteiger partial charge in [0.25, 0.3) is 0 Å². The van der Waals surface area contributed by atoms with Crippen molar-refractivity contribution in [3.05, 3.63) is 107 Å². The number of carbonyl (C=O) groups excluding carboxylic acids is 2. The Morgan fingerprint density at radius 3 is 1.18 bits per heavy atom. The number of rotatable bonds is 7. The summed E-state index contributed by atoms with van der Waals surface area (Å²) in [6, 6.07) is 21.4. The molecule has 236 valence electrons. The fraction of sp³-hybridized carbons (Fsp3) is 0.235. The first-order valence-electron chi connectivity index (χ1n) is 13.6. The van der Waals surface area contributed by atoms with Crippen molar-refractivity contribution in [1.82, 2.24) is 0 Å². The number of methoxy groups -OCH3 is 1. The molecule has 0 saturated carbocycles. The fourth-order valence-corrected chi connectivity index (χ4v) is 6.97. The Morgan fingerprint density at radius 1 is 0.511 bits per heavy atom. The molecule has 11 heteroatoms. The van der Waals surface area contributed by atoms with E-state index in [4.69, 9.17) is 23.7 Å². The van der Waals surface area contributed by atoms with Crippen LogP contribution in [0.1, 0.15) is 51.3 Å². The summed E-state index contributed by atoms with van der Waals surface area (Å²) in [5, 5.41) is 0. The van der Waals surface area contributed by atoms with E-state index in [9.17, 15) is 9.59 Å². The van der Waals surface area contributed by atoms with Crippen LogP contribution in [0.25, 0.3) is 0 Å². The minimum Gasteiger partial charge on any atom is -0.497 e. The van der Waals surface area contributed by atoms with E-state index in [1.807, 2.05) is 50.2 Å². The molecule has 0 atom stereocenters. The summed E-state index contributed by atoms with van der Waals surface area (Å²) in [6.45, 7) is 10.4. The predicted molar refractivity (Wildman–Crippen MR) is 187 cm³/mol. The highest BCUT2D eigenvalue weighted by Gasteiger charge is 2.28. The highest BCUT2D eigenvalue weighted by atomic mass is 79.9. The van der Waals surface area contributed by atoms with Crippen LogP contribution in [0.2, 0.25) is 0 Å². The highest BCUT2D eigenvalue weighted by Crippen LogP contribution is 2.44. The average Bonchev–Trinajstić information content (AvgIpc) is 2.96. The molecule has 0 aromatic heterocycles. The Kier molecular flexibility index (Phi) is 11.1. The summed E-state index contributed by atoms with van der Waals surface area (Å²) in [7, 11) is 1.55. The second kappa shape index (κ2) is 14.3. The van der Waals surface area contributed by atoms with Crippen LogP contribution >= 0.6 is 63.7 Å². The van der Waals surface area contributed by atoms with Crippen molar-refractivity contribution >= 4 is 76.0 Å². The molecule has 0 fully saturated rings. The third-order valence-corrected chi connectivity index (χ3v) is 9.35. The van der Waals surface area contributed by atoms with Crippen molar-refractivity contribution in [3.63, 3.8) is 0 Å². The predicted octanol–water partition coefficient (Wildman–Crippen LogP) is 11.5. The lowest BCUT2D eigenvalue weighted by atomic mass is 9.78. The smallest absolute Gasteiger partial charge is 0.497 e. The highest BCUT2D eigenvalue weighted by molar-refractivity contribution is 9.11. The van der Waals surface area contributed by atoms with Gasteiger partial charge in [-0.1, -0.05) is 46.8 Å². The van der Waals surface area contributed by atoms with E-state index in [1.54, 1.807) is 43.5 Å². The van der Waals surface area contributed by atoms with Crippen LogP contribution in [0.5, 0.6) is 28.7 Å². The summed E-state index contributed by atoms with van der Waals surface area (Å²) < 4.78 is 29.1. The van der Waals surface area contributed by atoms with Gasteiger partial charge in [0.1, 0.15) is 17.2 Å². The number of hydrogen-bond acceptors (Lipinski definition) is 7. The molecular weight excluding hydrogens is 840 g/mol. The van der Waals surface area contributed by atoms with Gasteiger partial charge in [0.15, 0.2) is 11.5 Å². The van der Waals surface area contributed by atoms with Crippen molar-refractivity contribution in [2.45, 2.75) is 45.4 Å². The molecule has 0 heterocycles. The first kappa shape index (κ1) is 35.0. The summed E-state index contributed by atoms with van der Waals surface area (Å²) in [6.07, 6.45) is -1.75. The zero-order chi connectivity index (χ0) is 33.1. The van der Waals surface area contributed by atoms with E-state index in [1.165, 1.54) is 0 Å². The molecule has 0 aliphatic rings. The molecule has 4 rings (SSSR count).